The molecule has 1 aliphatic heterocycles. The number of halogens is 3. The molecule has 1 N–H and O–H groups in total. The maximum atomic E-state index is 12.6. The number of hydrogen-bond donors (Lipinski definition) is 1. The lowest BCUT2D eigenvalue weighted by molar-refractivity contribution is -0.168. The molecule has 1 unspecified atom stereocenters. The number of ether oxygens (including phenoxy) is 1. The molecule has 0 bridgehead atoms. The average Bonchev–Trinajstić information content (AvgIpc) is 2.14. The molecule has 0 amide bonds. The van der Waals surface area contributed by atoms with Crippen molar-refractivity contribution in [2.75, 3.05) is 19.5 Å². The first-order valence-electron chi connectivity index (χ1n) is 4.48. The van der Waals surface area contributed by atoms with E-state index in [1.165, 1.54) is 0 Å². The lowest BCUT2D eigenvalue weighted by atomic mass is 9.92. The molecule has 0 aromatic rings. The molecule has 6 heteroatoms. The molecule has 14 heavy (non-hydrogen) atoms. The second kappa shape index (κ2) is 5.23. The number of alkyl halides is 3. The van der Waals surface area contributed by atoms with Crippen molar-refractivity contribution >= 4 is 11.9 Å². The molecule has 0 aliphatic carbocycles. The van der Waals surface area contributed by atoms with Crippen LogP contribution in [-0.4, -0.2) is 31.7 Å². The summed E-state index contributed by atoms with van der Waals surface area (Å²) in [7, 11) is 0. The largest absolute Gasteiger partial charge is 0.404 e. The summed E-state index contributed by atoms with van der Waals surface area (Å²) in [5.41, 5.74) is 0. The van der Waals surface area contributed by atoms with Crippen LogP contribution in [0.25, 0.3) is 0 Å². The van der Waals surface area contributed by atoms with Crippen LogP contribution >= 0.6 is 11.9 Å². The Morgan fingerprint density at radius 3 is 2.36 bits per heavy atom. The summed E-state index contributed by atoms with van der Waals surface area (Å²) in [5.74, 6) is -0.351. The van der Waals surface area contributed by atoms with Crippen LogP contribution in [0.3, 0.4) is 0 Å². The van der Waals surface area contributed by atoms with Crippen LogP contribution in [0.5, 0.6) is 0 Å². The normalized spacial score (nSPS) is 22.3. The highest BCUT2D eigenvalue weighted by Gasteiger charge is 2.44. The van der Waals surface area contributed by atoms with Gasteiger partial charge in [-0.25, -0.2) is 0 Å². The van der Waals surface area contributed by atoms with Gasteiger partial charge in [0, 0.05) is 13.2 Å². The molecule has 1 fully saturated rings. The van der Waals surface area contributed by atoms with E-state index >= 15 is 0 Å². The van der Waals surface area contributed by atoms with Gasteiger partial charge in [0.05, 0.1) is 0 Å². The van der Waals surface area contributed by atoms with E-state index in [9.17, 15) is 13.2 Å². The number of nitrogens with one attached hydrogen (secondary N) is 1. The van der Waals surface area contributed by atoms with Crippen LogP contribution in [0.4, 0.5) is 13.2 Å². The van der Waals surface area contributed by atoms with Gasteiger partial charge in [-0.2, -0.15) is 13.2 Å². The Hall–Kier alpha value is 0.0600. The van der Waals surface area contributed by atoms with E-state index < -0.39 is 12.2 Å². The smallest absolute Gasteiger partial charge is 0.381 e. The maximum absolute atomic E-state index is 12.6. The van der Waals surface area contributed by atoms with E-state index in [0.717, 1.165) is 11.9 Å². The Bertz CT molecular complexity index is 170. The minimum absolute atomic E-state index is 0.351. The minimum atomic E-state index is -4.16. The Morgan fingerprint density at radius 1 is 1.36 bits per heavy atom. The van der Waals surface area contributed by atoms with E-state index in [4.69, 9.17) is 4.74 Å². The van der Waals surface area contributed by atoms with Crippen LogP contribution in [-0.2, 0) is 4.74 Å². The molecule has 0 aromatic heterocycles. The van der Waals surface area contributed by atoms with Crippen LogP contribution in [0.2, 0.25) is 0 Å². The third-order valence-electron chi connectivity index (χ3n) is 2.33. The average molecular weight is 229 g/mol. The third kappa shape index (κ3) is 3.33. The first-order chi connectivity index (χ1) is 6.55. The summed E-state index contributed by atoms with van der Waals surface area (Å²) >= 11 is 1.02. The maximum Gasteiger partial charge on any atom is 0.404 e. The minimum Gasteiger partial charge on any atom is -0.381 e. The Morgan fingerprint density at radius 2 is 1.93 bits per heavy atom. The first kappa shape index (κ1) is 12.1. The molecule has 1 aliphatic rings. The summed E-state index contributed by atoms with van der Waals surface area (Å²) in [4.78, 5) is 0. The molecule has 0 saturated carbocycles. The summed E-state index contributed by atoms with van der Waals surface area (Å²) in [6.45, 7) is 0.876. The molecular formula is C8H14F3NOS. The SMILES string of the molecule is CSNC(C1CCOCC1)C(F)(F)F. The van der Waals surface area contributed by atoms with Crippen molar-refractivity contribution in [3.05, 3.63) is 0 Å². The van der Waals surface area contributed by atoms with Gasteiger partial charge in [0.15, 0.2) is 0 Å². The molecule has 1 heterocycles. The van der Waals surface area contributed by atoms with Gasteiger partial charge in [-0.1, -0.05) is 11.9 Å². The highest BCUT2D eigenvalue weighted by Crippen LogP contribution is 2.31. The van der Waals surface area contributed by atoms with Gasteiger partial charge < -0.3 is 4.74 Å². The third-order valence-corrected chi connectivity index (χ3v) is 2.82. The van der Waals surface area contributed by atoms with Gasteiger partial charge in [-0.3, -0.25) is 4.72 Å². The summed E-state index contributed by atoms with van der Waals surface area (Å²) in [6.07, 6.45) is -1.58. The van der Waals surface area contributed by atoms with E-state index in [1.807, 2.05) is 0 Å². The quantitative estimate of drug-likeness (QED) is 0.750. The lowest BCUT2D eigenvalue weighted by Gasteiger charge is -2.31. The fraction of sp³-hybridized carbons (Fsp3) is 1.00. The van der Waals surface area contributed by atoms with Crippen molar-refractivity contribution in [1.82, 2.24) is 4.72 Å². The van der Waals surface area contributed by atoms with Gasteiger partial charge >= 0.3 is 6.18 Å². The number of rotatable bonds is 3. The topological polar surface area (TPSA) is 21.3 Å². The van der Waals surface area contributed by atoms with Crippen molar-refractivity contribution in [1.29, 1.82) is 0 Å². The lowest BCUT2D eigenvalue weighted by Crippen LogP contribution is -2.46. The Labute approximate surface area is 85.7 Å². The highest BCUT2D eigenvalue weighted by atomic mass is 32.2. The molecule has 84 valence electrons. The molecule has 1 rings (SSSR count). The van der Waals surface area contributed by atoms with Gasteiger partial charge in [0.2, 0.25) is 0 Å². The van der Waals surface area contributed by atoms with Gasteiger partial charge in [0.25, 0.3) is 0 Å². The van der Waals surface area contributed by atoms with Crippen LogP contribution in [0.1, 0.15) is 12.8 Å². The predicted molar refractivity (Wildman–Crippen MR) is 50.0 cm³/mol. The molecular weight excluding hydrogens is 215 g/mol. The zero-order valence-corrected chi connectivity index (χ0v) is 8.75. The van der Waals surface area contributed by atoms with E-state index in [2.05, 4.69) is 4.72 Å². The zero-order chi connectivity index (χ0) is 10.6. The van der Waals surface area contributed by atoms with Gasteiger partial charge in [-0.05, 0) is 25.0 Å². The fourth-order valence-corrected chi connectivity index (χ4v) is 2.19. The summed E-state index contributed by atoms with van der Waals surface area (Å²) in [6, 6.07) is -1.40. The molecule has 2 nitrogen and oxygen atoms in total. The molecule has 0 spiro atoms. The van der Waals surface area contributed by atoms with Gasteiger partial charge in [-0.15, -0.1) is 0 Å². The second-order valence-electron chi connectivity index (χ2n) is 3.29. The van der Waals surface area contributed by atoms with E-state index in [-0.39, 0.29) is 5.92 Å². The van der Waals surface area contributed by atoms with Crippen molar-refractivity contribution < 1.29 is 17.9 Å². The molecule has 0 radical (unpaired) electrons. The van der Waals surface area contributed by atoms with Crippen molar-refractivity contribution in [3.8, 4) is 0 Å². The Balaban J connectivity index is 2.56. The van der Waals surface area contributed by atoms with E-state index in [1.54, 1.807) is 6.26 Å². The predicted octanol–water partition coefficient (Wildman–Crippen LogP) is 2.21. The molecule has 1 saturated heterocycles. The van der Waals surface area contributed by atoms with E-state index in [0.29, 0.717) is 26.1 Å². The summed E-state index contributed by atoms with van der Waals surface area (Å²) in [5, 5.41) is 0. The first-order valence-corrected chi connectivity index (χ1v) is 5.71. The van der Waals surface area contributed by atoms with Gasteiger partial charge in [0.1, 0.15) is 6.04 Å². The highest BCUT2D eigenvalue weighted by molar-refractivity contribution is 7.96. The fourth-order valence-electron chi connectivity index (χ4n) is 1.61. The van der Waals surface area contributed by atoms with Crippen LogP contribution in [0, 0.1) is 5.92 Å². The number of hydrogen-bond acceptors (Lipinski definition) is 3. The standard InChI is InChI=1S/C8H14F3NOS/c1-14-12-7(8(9,10)11)6-2-4-13-5-3-6/h6-7,12H,2-5H2,1H3. The summed E-state index contributed by atoms with van der Waals surface area (Å²) < 4.78 is 45.2. The Kier molecular flexibility index (Phi) is 4.53. The van der Waals surface area contributed by atoms with Crippen LogP contribution in [0.15, 0.2) is 0 Å². The monoisotopic (exact) mass is 229 g/mol. The van der Waals surface area contributed by atoms with Crippen LogP contribution < -0.4 is 4.72 Å². The molecule has 0 aromatic carbocycles. The molecule has 1 atom stereocenters. The second-order valence-corrected chi connectivity index (χ2v) is 3.94. The van der Waals surface area contributed by atoms with Crippen molar-refractivity contribution in [2.24, 2.45) is 5.92 Å². The van der Waals surface area contributed by atoms with Crippen molar-refractivity contribution in [2.45, 2.75) is 25.1 Å². The van der Waals surface area contributed by atoms with Crippen molar-refractivity contribution in [3.63, 3.8) is 0 Å². The zero-order valence-electron chi connectivity index (χ0n) is 7.93.